The molecule has 16 heavy (non-hydrogen) atoms. The van der Waals surface area contributed by atoms with E-state index >= 15 is 0 Å². The smallest absolute Gasteiger partial charge is 0.183 e. The van der Waals surface area contributed by atoms with Gasteiger partial charge in [0.1, 0.15) is 11.2 Å². The Morgan fingerprint density at radius 2 is 2.25 bits per heavy atom. The molecule has 3 heteroatoms. The van der Waals surface area contributed by atoms with E-state index in [1.165, 1.54) is 0 Å². The van der Waals surface area contributed by atoms with Crippen LogP contribution in [-0.4, -0.2) is 12.9 Å². The molecular formula is C13H13NO2. The van der Waals surface area contributed by atoms with E-state index in [0.717, 1.165) is 17.7 Å². The Kier molecular flexibility index (Phi) is 2.43. The molecule has 0 radical (unpaired) electrons. The number of rotatable bonds is 1. The van der Waals surface area contributed by atoms with Crippen LogP contribution in [0.15, 0.2) is 18.2 Å². The van der Waals surface area contributed by atoms with Crippen molar-refractivity contribution in [3.8, 4) is 11.8 Å². The van der Waals surface area contributed by atoms with Crippen molar-refractivity contribution in [3.63, 3.8) is 0 Å². The molecular weight excluding hydrogens is 202 g/mol. The maximum Gasteiger partial charge on any atom is 0.183 e. The zero-order chi connectivity index (χ0) is 11.8. The fourth-order valence-electron chi connectivity index (χ4n) is 2.03. The fraction of sp³-hybridized carbons (Fsp3) is 0.385. The minimum Gasteiger partial charge on any atom is -0.497 e. The third-order valence-corrected chi connectivity index (χ3v) is 3.20. The van der Waals surface area contributed by atoms with Crippen LogP contribution < -0.4 is 4.74 Å². The number of nitriles is 1. The molecule has 3 nitrogen and oxygen atoms in total. The number of ketones is 1. The molecule has 1 aromatic carbocycles. The molecule has 0 unspecified atom stereocenters. The van der Waals surface area contributed by atoms with Crippen molar-refractivity contribution < 1.29 is 9.53 Å². The van der Waals surface area contributed by atoms with E-state index in [2.05, 4.69) is 6.07 Å². The topological polar surface area (TPSA) is 50.1 Å². The molecule has 1 aromatic rings. The summed E-state index contributed by atoms with van der Waals surface area (Å²) >= 11 is 0. The highest BCUT2D eigenvalue weighted by Crippen LogP contribution is 2.35. The van der Waals surface area contributed by atoms with Crippen LogP contribution >= 0.6 is 0 Å². The summed E-state index contributed by atoms with van der Waals surface area (Å²) in [4.78, 5) is 12.1. The maximum absolute atomic E-state index is 12.1. The zero-order valence-electron chi connectivity index (χ0n) is 9.41. The molecule has 0 N–H and O–H groups in total. The lowest BCUT2D eigenvalue weighted by Gasteiger charge is -2.27. The van der Waals surface area contributed by atoms with E-state index < -0.39 is 5.41 Å². The first-order valence-corrected chi connectivity index (χ1v) is 5.24. The van der Waals surface area contributed by atoms with E-state index in [4.69, 9.17) is 10.00 Å². The van der Waals surface area contributed by atoms with E-state index in [-0.39, 0.29) is 5.78 Å². The lowest BCUT2D eigenvalue weighted by atomic mass is 9.73. The summed E-state index contributed by atoms with van der Waals surface area (Å²) < 4.78 is 5.12. The van der Waals surface area contributed by atoms with Gasteiger partial charge in [0.05, 0.1) is 13.2 Å². The summed E-state index contributed by atoms with van der Waals surface area (Å²) in [6.45, 7) is 1.71. The van der Waals surface area contributed by atoms with Gasteiger partial charge in [0.2, 0.25) is 0 Å². The third-order valence-electron chi connectivity index (χ3n) is 3.20. The number of aryl methyl sites for hydroxylation is 1. The van der Waals surface area contributed by atoms with E-state index in [9.17, 15) is 4.79 Å². The second-order valence-corrected chi connectivity index (χ2v) is 4.30. The number of ether oxygens (including phenoxy) is 1. The summed E-state index contributed by atoms with van der Waals surface area (Å²) in [6.07, 6.45) is 1.34. The number of carbonyl (C=O) groups is 1. The predicted octanol–water partition coefficient (Wildman–Crippen LogP) is 2.35. The van der Waals surface area contributed by atoms with Crippen molar-refractivity contribution in [2.24, 2.45) is 5.41 Å². The van der Waals surface area contributed by atoms with Gasteiger partial charge in [0.15, 0.2) is 5.78 Å². The van der Waals surface area contributed by atoms with Crippen molar-refractivity contribution >= 4 is 5.78 Å². The van der Waals surface area contributed by atoms with Gasteiger partial charge in [-0.3, -0.25) is 4.79 Å². The molecule has 0 bridgehead atoms. The van der Waals surface area contributed by atoms with Crippen LogP contribution in [-0.2, 0) is 6.42 Å². The van der Waals surface area contributed by atoms with Crippen molar-refractivity contribution in [2.75, 3.05) is 7.11 Å². The number of hydrogen-bond acceptors (Lipinski definition) is 3. The first-order valence-electron chi connectivity index (χ1n) is 5.24. The van der Waals surface area contributed by atoms with Crippen LogP contribution in [0, 0.1) is 16.7 Å². The van der Waals surface area contributed by atoms with Gasteiger partial charge < -0.3 is 4.74 Å². The number of fused-ring (bicyclic) bond motifs is 1. The Morgan fingerprint density at radius 1 is 1.50 bits per heavy atom. The standard InChI is InChI=1S/C13H13NO2/c1-13(8-14)6-5-9-7-10(16-2)3-4-11(9)12(13)15/h3-4,7H,5-6H2,1-2H3/t13-/m1/s1. The van der Waals surface area contributed by atoms with Crippen molar-refractivity contribution in [3.05, 3.63) is 29.3 Å². The minimum atomic E-state index is -0.860. The molecule has 0 saturated heterocycles. The molecule has 0 aliphatic heterocycles. The van der Waals surface area contributed by atoms with Gasteiger partial charge in [0.25, 0.3) is 0 Å². The normalized spacial score (nSPS) is 23.4. The number of carbonyl (C=O) groups excluding carboxylic acids is 1. The average molecular weight is 215 g/mol. The van der Waals surface area contributed by atoms with Crippen LogP contribution in [0.3, 0.4) is 0 Å². The molecule has 0 aromatic heterocycles. The lowest BCUT2D eigenvalue weighted by Crippen LogP contribution is -2.31. The first kappa shape index (κ1) is 10.7. The van der Waals surface area contributed by atoms with E-state index in [1.54, 1.807) is 26.2 Å². The van der Waals surface area contributed by atoms with Crippen molar-refractivity contribution in [1.29, 1.82) is 5.26 Å². The molecule has 2 rings (SSSR count). The van der Waals surface area contributed by atoms with Crippen LogP contribution in [0.25, 0.3) is 0 Å². The summed E-state index contributed by atoms with van der Waals surface area (Å²) in [5.41, 5.74) is 0.787. The zero-order valence-corrected chi connectivity index (χ0v) is 9.41. The van der Waals surface area contributed by atoms with Crippen molar-refractivity contribution in [2.45, 2.75) is 19.8 Å². The van der Waals surface area contributed by atoms with Gasteiger partial charge in [-0.1, -0.05) is 0 Å². The summed E-state index contributed by atoms with van der Waals surface area (Å²) in [5, 5.41) is 9.05. The fourth-order valence-corrected chi connectivity index (χ4v) is 2.03. The van der Waals surface area contributed by atoms with Crippen LogP contribution in [0.1, 0.15) is 29.3 Å². The highest BCUT2D eigenvalue weighted by molar-refractivity contribution is 6.04. The summed E-state index contributed by atoms with van der Waals surface area (Å²) in [6, 6.07) is 7.52. The molecule has 0 heterocycles. The second-order valence-electron chi connectivity index (χ2n) is 4.30. The van der Waals surface area contributed by atoms with E-state index in [0.29, 0.717) is 12.0 Å². The molecule has 1 aliphatic carbocycles. The van der Waals surface area contributed by atoms with Crippen LogP contribution in [0.5, 0.6) is 5.75 Å². The summed E-state index contributed by atoms with van der Waals surface area (Å²) in [7, 11) is 1.60. The molecule has 1 atom stereocenters. The molecule has 0 spiro atoms. The molecule has 1 aliphatic rings. The average Bonchev–Trinajstić information content (AvgIpc) is 2.33. The maximum atomic E-state index is 12.1. The van der Waals surface area contributed by atoms with Gasteiger partial charge in [-0.2, -0.15) is 5.26 Å². The number of nitrogens with zero attached hydrogens (tertiary/aromatic N) is 1. The van der Waals surface area contributed by atoms with Crippen LogP contribution in [0.4, 0.5) is 0 Å². The number of hydrogen-bond donors (Lipinski definition) is 0. The summed E-state index contributed by atoms with van der Waals surface area (Å²) in [5.74, 6) is 0.686. The van der Waals surface area contributed by atoms with Gasteiger partial charge in [-0.15, -0.1) is 0 Å². The number of Topliss-reactive ketones (excluding diaryl/α,β-unsaturated/α-hetero) is 1. The van der Waals surface area contributed by atoms with Gasteiger partial charge in [0, 0.05) is 5.56 Å². The Hall–Kier alpha value is -1.82. The predicted molar refractivity (Wildman–Crippen MR) is 59.4 cm³/mol. The van der Waals surface area contributed by atoms with Crippen LogP contribution in [0.2, 0.25) is 0 Å². The highest BCUT2D eigenvalue weighted by Gasteiger charge is 2.38. The van der Waals surface area contributed by atoms with E-state index in [1.807, 2.05) is 6.07 Å². The second kappa shape index (κ2) is 3.64. The van der Waals surface area contributed by atoms with Gasteiger partial charge >= 0.3 is 0 Å². The monoisotopic (exact) mass is 215 g/mol. The Labute approximate surface area is 94.6 Å². The van der Waals surface area contributed by atoms with Gasteiger partial charge in [-0.05, 0) is 43.5 Å². The molecule has 0 amide bonds. The number of benzene rings is 1. The minimum absolute atomic E-state index is 0.0705. The highest BCUT2D eigenvalue weighted by atomic mass is 16.5. The van der Waals surface area contributed by atoms with Gasteiger partial charge in [-0.25, -0.2) is 0 Å². The molecule has 0 fully saturated rings. The van der Waals surface area contributed by atoms with Crippen molar-refractivity contribution in [1.82, 2.24) is 0 Å². The Bertz CT molecular complexity index is 487. The number of methoxy groups -OCH3 is 1. The largest absolute Gasteiger partial charge is 0.497 e. The molecule has 0 saturated carbocycles. The Morgan fingerprint density at radius 3 is 2.88 bits per heavy atom. The SMILES string of the molecule is COc1ccc2c(c1)CC[C@](C)(C#N)C2=O. The third kappa shape index (κ3) is 1.47. The first-order chi connectivity index (χ1) is 7.60. The lowest BCUT2D eigenvalue weighted by molar-refractivity contribution is 0.0854. The Balaban J connectivity index is 2.48. The quantitative estimate of drug-likeness (QED) is 0.722. The molecule has 82 valence electrons.